The molecular weight excluding hydrogens is 238 g/mol. The number of nitrogens with one attached hydrogen (secondary N) is 1. The molecule has 0 atom stereocenters. The molecule has 0 amide bonds. The maximum absolute atomic E-state index is 11.6. The topological polar surface area (TPSA) is 66.4 Å². The van der Waals surface area contributed by atoms with Gasteiger partial charge < -0.3 is 5.11 Å². The van der Waals surface area contributed by atoms with E-state index in [1.165, 1.54) is 13.1 Å². The fraction of sp³-hybridized carbons (Fsp3) is 0.500. The van der Waals surface area contributed by atoms with Crippen molar-refractivity contribution in [3.63, 3.8) is 0 Å². The van der Waals surface area contributed by atoms with Gasteiger partial charge in [0.1, 0.15) is 0 Å². The molecule has 1 rings (SSSR count). The lowest BCUT2D eigenvalue weighted by atomic mass is 9.84. The lowest BCUT2D eigenvalue weighted by Crippen LogP contribution is -2.20. The summed E-state index contributed by atoms with van der Waals surface area (Å²) in [6, 6.07) is 4.84. The molecule has 0 spiro atoms. The molecule has 0 unspecified atom stereocenters. The molecule has 0 saturated carbocycles. The van der Waals surface area contributed by atoms with Crippen LogP contribution in [0, 0.1) is 0 Å². The van der Waals surface area contributed by atoms with Gasteiger partial charge in [-0.05, 0) is 35.7 Å². The molecular formula is C12H19NO3S. The number of hydrogen-bond acceptors (Lipinski definition) is 3. The highest BCUT2D eigenvalue weighted by atomic mass is 32.2. The van der Waals surface area contributed by atoms with E-state index in [-0.39, 0.29) is 16.9 Å². The Hall–Kier alpha value is -0.910. The Morgan fingerprint density at radius 3 is 2.29 bits per heavy atom. The quantitative estimate of drug-likeness (QED) is 0.860. The first-order chi connectivity index (χ1) is 7.72. The summed E-state index contributed by atoms with van der Waals surface area (Å²) in [5, 5.41) is 9.33. The molecule has 1 aromatic rings. The average Bonchev–Trinajstić information content (AvgIpc) is 2.27. The zero-order valence-electron chi connectivity index (χ0n) is 10.6. The van der Waals surface area contributed by atoms with Crippen molar-refractivity contribution in [3.05, 3.63) is 29.3 Å². The van der Waals surface area contributed by atoms with E-state index < -0.39 is 10.0 Å². The fourth-order valence-electron chi connectivity index (χ4n) is 1.72. The van der Waals surface area contributed by atoms with Crippen LogP contribution in [-0.2, 0) is 22.0 Å². The highest BCUT2D eigenvalue weighted by Gasteiger charge is 2.20. The lowest BCUT2D eigenvalue weighted by molar-refractivity contribution is 0.278. The van der Waals surface area contributed by atoms with Crippen molar-refractivity contribution >= 4 is 10.0 Å². The third kappa shape index (κ3) is 3.06. The van der Waals surface area contributed by atoms with Gasteiger partial charge in [-0.3, -0.25) is 0 Å². The molecule has 0 radical (unpaired) electrons. The van der Waals surface area contributed by atoms with Crippen LogP contribution in [-0.4, -0.2) is 20.6 Å². The van der Waals surface area contributed by atoms with Gasteiger partial charge in [0.05, 0.1) is 11.5 Å². The van der Waals surface area contributed by atoms with Crippen molar-refractivity contribution in [2.75, 3.05) is 7.05 Å². The lowest BCUT2D eigenvalue weighted by Gasteiger charge is -2.22. The van der Waals surface area contributed by atoms with Crippen LogP contribution in [0.1, 0.15) is 31.9 Å². The SMILES string of the molecule is CNS(=O)(=O)c1ccc(C(C)(C)C)c(CO)c1. The van der Waals surface area contributed by atoms with E-state index in [4.69, 9.17) is 0 Å². The fourth-order valence-corrected chi connectivity index (χ4v) is 2.50. The summed E-state index contributed by atoms with van der Waals surface area (Å²) in [5.74, 6) is 0. The number of benzene rings is 1. The normalized spacial score (nSPS) is 12.8. The summed E-state index contributed by atoms with van der Waals surface area (Å²) in [5.41, 5.74) is 1.48. The molecule has 2 N–H and O–H groups in total. The van der Waals surface area contributed by atoms with Crippen molar-refractivity contribution in [2.24, 2.45) is 0 Å². The van der Waals surface area contributed by atoms with Crippen molar-refractivity contribution in [1.82, 2.24) is 4.72 Å². The van der Waals surface area contributed by atoms with E-state index in [0.717, 1.165) is 5.56 Å². The summed E-state index contributed by atoms with van der Waals surface area (Å²) in [4.78, 5) is 0.178. The molecule has 0 saturated heterocycles. The van der Waals surface area contributed by atoms with E-state index in [2.05, 4.69) is 4.72 Å². The molecule has 17 heavy (non-hydrogen) atoms. The highest BCUT2D eigenvalue weighted by molar-refractivity contribution is 7.89. The Labute approximate surface area is 103 Å². The molecule has 0 bridgehead atoms. The van der Waals surface area contributed by atoms with Crippen molar-refractivity contribution < 1.29 is 13.5 Å². The van der Waals surface area contributed by atoms with Gasteiger partial charge in [-0.25, -0.2) is 13.1 Å². The summed E-state index contributed by atoms with van der Waals surface area (Å²) in [6.07, 6.45) is 0. The van der Waals surface area contributed by atoms with Crippen molar-refractivity contribution in [1.29, 1.82) is 0 Å². The van der Waals surface area contributed by atoms with Gasteiger partial charge in [0, 0.05) is 0 Å². The van der Waals surface area contributed by atoms with Crippen molar-refractivity contribution in [2.45, 2.75) is 37.7 Å². The smallest absolute Gasteiger partial charge is 0.240 e. The minimum Gasteiger partial charge on any atom is -0.392 e. The molecule has 1 aromatic carbocycles. The summed E-state index contributed by atoms with van der Waals surface area (Å²) in [6.45, 7) is 5.90. The van der Waals surface area contributed by atoms with Gasteiger partial charge in [0.15, 0.2) is 0 Å². The Bertz CT molecular complexity index is 501. The second-order valence-corrected chi connectivity index (χ2v) is 6.82. The Morgan fingerprint density at radius 1 is 1.29 bits per heavy atom. The second-order valence-electron chi connectivity index (χ2n) is 4.93. The number of rotatable bonds is 3. The van der Waals surface area contributed by atoms with Crippen LogP contribution in [0.4, 0.5) is 0 Å². The van der Waals surface area contributed by atoms with Crippen LogP contribution in [0.5, 0.6) is 0 Å². The van der Waals surface area contributed by atoms with E-state index in [0.29, 0.717) is 5.56 Å². The Morgan fingerprint density at radius 2 is 1.88 bits per heavy atom. The number of sulfonamides is 1. The molecule has 0 aliphatic carbocycles. The van der Waals surface area contributed by atoms with Gasteiger partial charge in [-0.2, -0.15) is 0 Å². The maximum Gasteiger partial charge on any atom is 0.240 e. The number of aliphatic hydroxyl groups is 1. The molecule has 96 valence electrons. The second kappa shape index (κ2) is 4.76. The highest BCUT2D eigenvalue weighted by Crippen LogP contribution is 2.27. The Balaban J connectivity index is 3.38. The van der Waals surface area contributed by atoms with E-state index >= 15 is 0 Å². The van der Waals surface area contributed by atoms with Gasteiger partial charge in [0.2, 0.25) is 10.0 Å². The standard InChI is InChI=1S/C12H19NO3S/c1-12(2,3)11-6-5-10(7-9(11)8-14)17(15,16)13-4/h5-7,13-14H,8H2,1-4H3. The van der Waals surface area contributed by atoms with Crippen LogP contribution in [0.3, 0.4) is 0 Å². The third-order valence-corrected chi connectivity index (χ3v) is 4.05. The summed E-state index contributed by atoms with van der Waals surface area (Å²) < 4.78 is 25.5. The molecule has 0 heterocycles. The zero-order valence-corrected chi connectivity index (χ0v) is 11.4. The summed E-state index contributed by atoms with van der Waals surface area (Å²) in [7, 11) is -2.09. The first-order valence-corrected chi connectivity index (χ1v) is 6.88. The first-order valence-electron chi connectivity index (χ1n) is 5.40. The van der Waals surface area contributed by atoms with Gasteiger partial charge in [-0.15, -0.1) is 0 Å². The predicted octanol–water partition coefficient (Wildman–Crippen LogP) is 1.38. The zero-order chi connectivity index (χ0) is 13.3. The van der Waals surface area contributed by atoms with Crippen molar-refractivity contribution in [3.8, 4) is 0 Å². The van der Waals surface area contributed by atoms with Crippen LogP contribution >= 0.6 is 0 Å². The largest absolute Gasteiger partial charge is 0.392 e. The molecule has 0 aliphatic rings. The monoisotopic (exact) mass is 257 g/mol. The average molecular weight is 257 g/mol. The van der Waals surface area contributed by atoms with Gasteiger partial charge in [0.25, 0.3) is 0 Å². The van der Waals surface area contributed by atoms with Crippen LogP contribution < -0.4 is 4.72 Å². The number of aliphatic hydroxyl groups excluding tert-OH is 1. The predicted molar refractivity (Wildman–Crippen MR) is 67.3 cm³/mol. The molecule has 5 heteroatoms. The first kappa shape index (κ1) is 14.2. The summed E-state index contributed by atoms with van der Waals surface area (Å²) >= 11 is 0. The van der Waals surface area contributed by atoms with Gasteiger partial charge in [-0.1, -0.05) is 26.8 Å². The van der Waals surface area contributed by atoms with E-state index in [1.54, 1.807) is 12.1 Å². The van der Waals surface area contributed by atoms with E-state index in [1.807, 2.05) is 20.8 Å². The van der Waals surface area contributed by atoms with Crippen LogP contribution in [0.2, 0.25) is 0 Å². The molecule has 0 fully saturated rings. The number of hydrogen-bond donors (Lipinski definition) is 2. The minimum absolute atomic E-state index is 0.125. The van der Waals surface area contributed by atoms with E-state index in [9.17, 15) is 13.5 Å². The maximum atomic E-state index is 11.6. The van der Waals surface area contributed by atoms with Gasteiger partial charge >= 0.3 is 0 Å². The Kier molecular flexibility index (Phi) is 3.96. The minimum atomic E-state index is -3.45. The molecule has 0 aromatic heterocycles. The third-order valence-electron chi connectivity index (χ3n) is 2.63. The van der Waals surface area contributed by atoms with Crippen LogP contribution in [0.25, 0.3) is 0 Å². The molecule has 4 nitrogen and oxygen atoms in total. The molecule has 0 aliphatic heterocycles. The van der Waals surface area contributed by atoms with Crippen LogP contribution in [0.15, 0.2) is 23.1 Å².